The third kappa shape index (κ3) is 9.08. The molecule has 1 aliphatic rings. The highest BCUT2D eigenvalue weighted by molar-refractivity contribution is 7.99. The van der Waals surface area contributed by atoms with E-state index in [2.05, 4.69) is 12.2 Å². The summed E-state index contributed by atoms with van der Waals surface area (Å²) < 4.78 is 13.3. The Bertz CT molecular complexity index is 1690. The lowest BCUT2D eigenvalue weighted by atomic mass is 9.91. The lowest BCUT2D eigenvalue weighted by Crippen LogP contribution is -2.38. The molecule has 4 aromatic rings. The van der Waals surface area contributed by atoms with Gasteiger partial charge < -0.3 is 30.1 Å². The number of carbonyl (C=O) groups is 3. The molecule has 244 valence electrons. The van der Waals surface area contributed by atoms with Crippen molar-refractivity contribution < 1.29 is 39.2 Å². The minimum Gasteiger partial charge on any atom is -0.481 e. The van der Waals surface area contributed by atoms with Crippen LogP contribution in [0.15, 0.2) is 102 Å². The van der Waals surface area contributed by atoms with Crippen LogP contribution in [0.2, 0.25) is 0 Å². The number of benzene rings is 4. The molecule has 1 amide bonds. The van der Waals surface area contributed by atoms with Crippen molar-refractivity contribution >= 4 is 29.6 Å². The molecule has 4 aromatic carbocycles. The molecule has 10 heteroatoms. The molecule has 5 rings (SSSR count). The minimum absolute atomic E-state index is 0.0115. The standard InChI is InChI=1S/C37H37NO8S/c1-23-32(22-47-31-14-12-27(13-15-31)36(43)44)45-37(46-35(23)26-10-8-24(21-39)9-11-26)30-7-3-6-29(19-30)28-5-2-4-25(18-28)20-38-33(40)16-17-34(41)42/h2-15,18-19,23,32,35,37,39H,16-17,20-22H2,1H3,(H,38,40)(H,41,42)(H,43,44)/t23-,32+,35+,37+/m0/s1. The van der Waals surface area contributed by atoms with Crippen molar-refractivity contribution in [3.05, 3.63) is 125 Å². The van der Waals surface area contributed by atoms with Gasteiger partial charge in [0.15, 0.2) is 6.29 Å². The van der Waals surface area contributed by atoms with Gasteiger partial charge in [-0.2, -0.15) is 0 Å². The molecule has 9 nitrogen and oxygen atoms in total. The van der Waals surface area contributed by atoms with E-state index in [9.17, 15) is 24.6 Å². The van der Waals surface area contributed by atoms with Crippen LogP contribution >= 0.6 is 11.8 Å². The van der Waals surface area contributed by atoms with Crippen molar-refractivity contribution in [2.24, 2.45) is 5.92 Å². The fraction of sp³-hybridized carbons (Fsp3) is 0.270. The van der Waals surface area contributed by atoms with Gasteiger partial charge in [0.2, 0.25) is 5.91 Å². The fourth-order valence-corrected chi connectivity index (χ4v) is 6.48. The molecular formula is C37H37NO8S. The Hall–Kier alpha value is -4.48. The molecule has 1 heterocycles. The van der Waals surface area contributed by atoms with Crippen LogP contribution in [0.5, 0.6) is 0 Å². The van der Waals surface area contributed by atoms with E-state index in [1.165, 1.54) is 0 Å². The van der Waals surface area contributed by atoms with Crippen LogP contribution in [0.4, 0.5) is 0 Å². The molecule has 1 fully saturated rings. The number of aliphatic carboxylic acids is 1. The van der Waals surface area contributed by atoms with Gasteiger partial charge in [0, 0.05) is 35.1 Å². The highest BCUT2D eigenvalue weighted by Crippen LogP contribution is 2.43. The van der Waals surface area contributed by atoms with E-state index in [4.69, 9.17) is 14.6 Å². The molecule has 1 aliphatic heterocycles. The number of rotatable bonds is 13. The molecule has 0 radical (unpaired) electrons. The molecule has 0 unspecified atom stereocenters. The Balaban J connectivity index is 1.35. The first kappa shape index (κ1) is 33.9. The number of aliphatic hydroxyl groups is 1. The third-order valence-corrected chi connectivity index (χ3v) is 9.21. The summed E-state index contributed by atoms with van der Waals surface area (Å²) in [6.45, 7) is 2.34. The van der Waals surface area contributed by atoms with E-state index in [0.717, 1.165) is 38.3 Å². The first-order valence-corrected chi connectivity index (χ1v) is 16.3. The van der Waals surface area contributed by atoms with Crippen LogP contribution in [-0.4, -0.2) is 45.0 Å². The number of hydrogen-bond donors (Lipinski definition) is 4. The van der Waals surface area contributed by atoms with Crippen LogP contribution in [0.3, 0.4) is 0 Å². The zero-order valence-electron chi connectivity index (χ0n) is 25.9. The molecular weight excluding hydrogens is 618 g/mol. The summed E-state index contributed by atoms with van der Waals surface area (Å²) in [4.78, 5) is 35.0. The highest BCUT2D eigenvalue weighted by Gasteiger charge is 2.38. The zero-order valence-corrected chi connectivity index (χ0v) is 26.7. The van der Waals surface area contributed by atoms with E-state index in [-0.39, 0.29) is 55.6 Å². The Morgan fingerprint density at radius 2 is 1.49 bits per heavy atom. The largest absolute Gasteiger partial charge is 0.481 e. The van der Waals surface area contributed by atoms with Gasteiger partial charge in [0.1, 0.15) is 0 Å². The van der Waals surface area contributed by atoms with E-state index in [0.29, 0.717) is 5.75 Å². The summed E-state index contributed by atoms with van der Waals surface area (Å²) in [6.07, 6.45) is -1.42. The number of amides is 1. The van der Waals surface area contributed by atoms with E-state index in [1.807, 2.05) is 72.8 Å². The van der Waals surface area contributed by atoms with Crippen LogP contribution in [0.25, 0.3) is 11.1 Å². The molecule has 0 saturated carbocycles. The summed E-state index contributed by atoms with van der Waals surface area (Å²) in [7, 11) is 0. The Kier molecular flexibility index (Phi) is 11.4. The Morgan fingerprint density at radius 1 is 0.787 bits per heavy atom. The first-order chi connectivity index (χ1) is 22.7. The van der Waals surface area contributed by atoms with Gasteiger partial charge in [-0.15, -0.1) is 11.8 Å². The summed E-state index contributed by atoms with van der Waals surface area (Å²) >= 11 is 1.60. The van der Waals surface area contributed by atoms with Gasteiger partial charge in [0.25, 0.3) is 0 Å². The summed E-state index contributed by atoms with van der Waals surface area (Å²) in [5.41, 5.74) is 5.66. The number of aromatic carboxylic acids is 1. The number of thioether (sulfide) groups is 1. The van der Waals surface area contributed by atoms with Crippen LogP contribution in [0.1, 0.15) is 64.8 Å². The third-order valence-electron chi connectivity index (χ3n) is 8.11. The van der Waals surface area contributed by atoms with Gasteiger partial charge >= 0.3 is 11.9 Å². The number of aliphatic hydroxyl groups excluding tert-OH is 1. The predicted molar refractivity (Wildman–Crippen MR) is 178 cm³/mol. The SMILES string of the molecule is C[C@H]1[C@@H](CSc2ccc(C(=O)O)cc2)O[C@@H](c2cccc(-c3cccc(CNC(=O)CCC(=O)O)c3)c2)O[C@H]1c1ccc(CO)cc1. The van der Waals surface area contributed by atoms with Gasteiger partial charge in [-0.25, -0.2) is 4.79 Å². The molecule has 1 saturated heterocycles. The quantitative estimate of drug-likeness (QED) is 0.117. The molecule has 4 N–H and O–H groups in total. The lowest BCUT2D eigenvalue weighted by molar-refractivity contribution is -0.268. The van der Waals surface area contributed by atoms with Crippen LogP contribution in [-0.2, 0) is 32.2 Å². The van der Waals surface area contributed by atoms with Gasteiger partial charge in [-0.3, -0.25) is 9.59 Å². The van der Waals surface area contributed by atoms with Crippen molar-refractivity contribution in [2.75, 3.05) is 5.75 Å². The highest BCUT2D eigenvalue weighted by atomic mass is 32.2. The van der Waals surface area contributed by atoms with Crippen molar-refractivity contribution in [3.8, 4) is 11.1 Å². The maximum absolute atomic E-state index is 12.0. The van der Waals surface area contributed by atoms with Gasteiger partial charge in [-0.05, 0) is 64.2 Å². The molecule has 47 heavy (non-hydrogen) atoms. The monoisotopic (exact) mass is 655 g/mol. The number of ether oxygens (including phenoxy) is 2. The molecule has 0 spiro atoms. The maximum atomic E-state index is 12.0. The van der Waals surface area contributed by atoms with Crippen molar-refractivity contribution in [3.63, 3.8) is 0 Å². The van der Waals surface area contributed by atoms with Crippen molar-refractivity contribution in [1.29, 1.82) is 0 Å². The second kappa shape index (κ2) is 15.9. The number of nitrogens with one attached hydrogen (secondary N) is 1. The number of carboxylic acid groups (broad SMARTS) is 2. The molecule has 0 aliphatic carbocycles. The topological polar surface area (TPSA) is 142 Å². The van der Waals surface area contributed by atoms with E-state index >= 15 is 0 Å². The van der Waals surface area contributed by atoms with E-state index in [1.54, 1.807) is 36.0 Å². The number of carboxylic acids is 2. The average molecular weight is 656 g/mol. The molecule has 0 bridgehead atoms. The first-order valence-electron chi connectivity index (χ1n) is 15.3. The second-order valence-electron chi connectivity index (χ2n) is 11.5. The maximum Gasteiger partial charge on any atom is 0.335 e. The fourth-order valence-electron chi connectivity index (χ4n) is 5.42. The Labute approximate surface area is 277 Å². The number of hydrogen-bond acceptors (Lipinski definition) is 7. The minimum atomic E-state index is -1.01. The molecule has 0 aromatic heterocycles. The van der Waals surface area contributed by atoms with E-state index < -0.39 is 18.2 Å². The van der Waals surface area contributed by atoms with Crippen molar-refractivity contribution in [1.82, 2.24) is 5.32 Å². The summed E-state index contributed by atoms with van der Waals surface area (Å²) in [6, 6.07) is 30.3. The average Bonchev–Trinajstić information content (AvgIpc) is 3.09. The predicted octanol–water partition coefficient (Wildman–Crippen LogP) is 6.61. The van der Waals surface area contributed by atoms with Crippen molar-refractivity contribution in [2.45, 2.75) is 56.3 Å². The zero-order chi connectivity index (χ0) is 33.3. The summed E-state index contributed by atoms with van der Waals surface area (Å²) in [5, 5.41) is 30.4. The number of carbonyl (C=O) groups excluding carboxylic acids is 1. The Morgan fingerprint density at radius 3 is 2.17 bits per heavy atom. The second-order valence-corrected chi connectivity index (χ2v) is 12.6. The van der Waals surface area contributed by atoms with Gasteiger partial charge in [0.05, 0.1) is 30.8 Å². The molecule has 4 atom stereocenters. The lowest BCUT2D eigenvalue weighted by Gasteiger charge is -2.41. The van der Waals surface area contributed by atoms with Gasteiger partial charge in [-0.1, -0.05) is 67.6 Å². The summed E-state index contributed by atoms with van der Waals surface area (Å²) in [5.74, 6) is -1.67. The van der Waals surface area contributed by atoms with Crippen LogP contribution < -0.4 is 5.32 Å². The smallest absolute Gasteiger partial charge is 0.335 e. The van der Waals surface area contributed by atoms with Crippen LogP contribution in [0, 0.1) is 5.92 Å². The normalized spacial score (nSPS) is 19.2.